The third-order valence-corrected chi connectivity index (χ3v) is 10.6. The van der Waals surface area contributed by atoms with Crippen molar-refractivity contribution in [2.45, 2.75) is 62.3 Å². The Morgan fingerprint density at radius 1 is 1.10 bits per heavy atom. The van der Waals surface area contributed by atoms with E-state index in [-0.39, 0.29) is 84.1 Å². The summed E-state index contributed by atoms with van der Waals surface area (Å²) in [6.07, 6.45) is 7.95. The number of phenolic OH excluding ortho intramolecular Hbond substituents is 1. The molecule has 4 aromatic rings. The average molecular weight is 665 g/mol. The summed E-state index contributed by atoms with van der Waals surface area (Å²) in [6.45, 7) is 2.00. The number of fused-ring (bicyclic) bond motifs is 5. The zero-order valence-electron chi connectivity index (χ0n) is 26.1. The van der Waals surface area contributed by atoms with Crippen molar-refractivity contribution in [1.82, 2.24) is 25.2 Å². The van der Waals surface area contributed by atoms with Crippen molar-refractivity contribution >= 4 is 27.5 Å². The van der Waals surface area contributed by atoms with E-state index >= 15 is 4.39 Å². The lowest BCUT2D eigenvalue weighted by Gasteiger charge is -2.34. The van der Waals surface area contributed by atoms with E-state index in [9.17, 15) is 22.7 Å². The van der Waals surface area contributed by atoms with Crippen LogP contribution >= 0.6 is 0 Å². The molecule has 6 heterocycles. The molecule has 2 N–H and O–H groups in total. The van der Waals surface area contributed by atoms with Gasteiger partial charge in [0.2, 0.25) is 5.92 Å². The monoisotopic (exact) mass is 664 g/mol. The van der Waals surface area contributed by atoms with Crippen LogP contribution in [0, 0.1) is 29.9 Å². The molecule has 250 valence electrons. The van der Waals surface area contributed by atoms with Crippen LogP contribution in [0.2, 0.25) is 0 Å². The zero-order chi connectivity index (χ0) is 33.5. The van der Waals surface area contributed by atoms with Crippen LogP contribution in [0.5, 0.6) is 11.8 Å². The minimum Gasteiger partial charge on any atom is -0.508 e. The molecule has 2 bridgehead atoms. The molecule has 0 spiro atoms. The molecule has 13 heteroatoms. The first-order valence-corrected chi connectivity index (χ1v) is 16.1. The van der Waals surface area contributed by atoms with Gasteiger partial charge in [0.1, 0.15) is 41.4 Å². The molecular formula is C35H33F5N6O2. The fourth-order valence-corrected chi connectivity index (χ4v) is 8.29. The predicted molar refractivity (Wildman–Crippen MR) is 170 cm³/mol. The van der Waals surface area contributed by atoms with Crippen LogP contribution < -0.4 is 15.0 Å². The lowest BCUT2D eigenvalue weighted by Crippen LogP contribution is -2.51. The first kappa shape index (κ1) is 31.0. The lowest BCUT2D eigenvalue weighted by atomic mass is 9.88. The van der Waals surface area contributed by atoms with E-state index in [0.717, 1.165) is 19.8 Å². The van der Waals surface area contributed by atoms with Crippen molar-refractivity contribution in [3.8, 4) is 35.4 Å². The predicted octanol–water partition coefficient (Wildman–Crippen LogP) is 5.59. The molecule has 4 aliphatic heterocycles. The molecule has 5 atom stereocenters. The maximum atomic E-state index is 16.8. The minimum atomic E-state index is -2.94. The first-order valence-electron chi connectivity index (χ1n) is 16.1. The fourth-order valence-electron chi connectivity index (χ4n) is 8.29. The van der Waals surface area contributed by atoms with Crippen LogP contribution in [0.3, 0.4) is 0 Å². The number of nitrogens with one attached hydrogen (secondary N) is 1. The normalized spacial score (nSPS) is 27.1. The van der Waals surface area contributed by atoms with Gasteiger partial charge in [-0.05, 0) is 49.8 Å². The van der Waals surface area contributed by atoms with E-state index in [4.69, 9.17) is 16.1 Å². The van der Waals surface area contributed by atoms with Crippen molar-refractivity contribution in [2.24, 2.45) is 5.92 Å². The van der Waals surface area contributed by atoms with Gasteiger partial charge in [0.05, 0.1) is 16.5 Å². The Morgan fingerprint density at radius 3 is 2.60 bits per heavy atom. The fraction of sp³-hybridized carbons (Fsp3) is 0.457. The highest BCUT2D eigenvalue weighted by molar-refractivity contribution is 6.03. The number of ether oxygens (including phenoxy) is 1. The number of aromatic hydroxyl groups is 1. The standard InChI is InChI=1S/C35H33F5N6O2/c1-3-24-27(37)7-4-18-8-23(47)9-25(28(18)24)30-29(38)31-26(12-41-30)32(45-15-21-5-6-22(16-45)42-21)44-33(43-31)48-17-35-10-19(34(2,39)40)13-46(35)14-20(36)11-35/h1,4,7-9,12,19-22,42,47H,5-6,10-11,13-17H2,2H3. The summed E-state index contributed by atoms with van der Waals surface area (Å²) in [5.74, 6) is -2.92. The summed E-state index contributed by atoms with van der Waals surface area (Å²) in [5, 5.41) is 15.0. The average Bonchev–Trinajstić information content (AvgIpc) is 3.68. The Kier molecular flexibility index (Phi) is 7.19. The second-order valence-corrected chi connectivity index (χ2v) is 13.8. The largest absolute Gasteiger partial charge is 0.508 e. The number of alkyl halides is 3. The Balaban J connectivity index is 1.25. The minimum absolute atomic E-state index is 0.0300. The van der Waals surface area contributed by atoms with Crippen molar-refractivity contribution in [2.75, 3.05) is 37.7 Å². The van der Waals surface area contributed by atoms with Crippen molar-refractivity contribution in [3.63, 3.8) is 0 Å². The van der Waals surface area contributed by atoms with E-state index < -0.39 is 35.2 Å². The van der Waals surface area contributed by atoms with Crippen LogP contribution in [0.25, 0.3) is 32.9 Å². The SMILES string of the molecule is C#Cc1c(F)ccc2cc(O)cc(-c3ncc4c(N5CC6CCC(C5)N6)nc(OCC56CC(F)CN5CC(C(C)(F)F)C6)nc4c3F)c12. The highest BCUT2D eigenvalue weighted by Gasteiger charge is 2.57. The number of benzene rings is 2. The second-order valence-electron chi connectivity index (χ2n) is 13.8. The van der Waals surface area contributed by atoms with Gasteiger partial charge in [-0.15, -0.1) is 6.42 Å². The van der Waals surface area contributed by atoms with Crippen LogP contribution in [0.4, 0.5) is 27.8 Å². The topological polar surface area (TPSA) is 86.6 Å². The summed E-state index contributed by atoms with van der Waals surface area (Å²) in [5.41, 5.74) is -1.35. The van der Waals surface area contributed by atoms with Gasteiger partial charge in [-0.25, -0.2) is 22.0 Å². The van der Waals surface area contributed by atoms with Gasteiger partial charge < -0.3 is 20.1 Å². The van der Waals surface area contributed by atoms with Gasteiger partial charge >= 0.3 is 6.01 Å². The number of rotatable bonds is 6. The first-order chi connectivity index (χ1) is 22.9. The number of aromatic nitrogens is 3. The molecule has 0 radical (unpaired) electrons. The van der Waals surface area contributed by atoms with E-state index in [1.807, 2.05) is 4.90 Å². The number of piperazine rings is 1. The van der Waals surface area contributed by atoms with Crippen LogP contribution in [0.1, 0.15) is 38.2 Å². The maximum absolute atomic E-state index is 16.8. The molecule has 0 aliphatic carbocycles. The smallest absolute Gasteiger partial charge is 0.319 e. The summed E-state index contributed by atoms with van der Waals surface area (Å²) >= 11 is 0. The molecular weight excluding hydrogens is 631 g/mol. The second kappa shape index (κ2) is 11.1. The summed E-state index contributed by atoms with van der Waals surface area (Å²) in [7, 11) is 0. The lowest BCUT2D eigenvalue weighted by molar-refractivity contribution is -0.0374. The molecule has 4 aliphatic rings. The van der Waals surface area contributed by atoms with E-state index in [2.05, 4.69) is 21.2 Å². The number of terminal acetylenes is 1. The Labute approximate surface area is 273 Å². The van der Waals surface area contributed by atoms with Crippen molar-refractivity contribution in [1.29, 1.82) is 0 Å². The zero-order valence-corrected chi connectivity index (χ0v) is 26.1. The Hall–Kier alpha value is -4.28. The van der Waals surface area contributed by atoms with Crippen molar-refractivity contribution in [3.05, 3.63) is 47.7 Å². The Bertz CT molecular complexity index is 1990. The van der Waals surface area contributed by atoms with E-state index in [0.29, 0.717) is 29.7 Å². The molecule has 4 fully saturated rings. The molecule has 5 unspecified atom stereocenters. The number of hydrogen-bond acceptors (Lipinski definition) is 8. The molecule has 2 aromatic heterocycles. The van der Waals surface area contributed by atoms with E-state index in [1.165, 1.54) is 30.5 Å². The van der Waals surface area contributed by atoms with Crippen molar-refractivity contribution < 1.29 is 31.8 Å². The third-order valence-electron chi connectivity index (χ3n) is 10.6. The molecule has 2 aromatic carbocycles. The van der Waals surface area contributed by atoms with Gasteiger partial charge in [0.15, 0.2) is 5.82 Å². The third kappa shape index (κ3) is 5.08. The summed E-state index contributed by atoms with van der Waals surface area (Å²) < 4.78 is 81.2. The highest BCUT2D eigenvalue weighted by Crippen LogP contribution is 2.47. The van der Waals surface area contributed by atoms with Gasteiger partial charge in [-0.1, -0.05) is 12.0 Å². The van der Waals surface area contributed by atoms with Gasteiger partial charge in [0.25, 0.3) is 0 Å². The quantitative estimate of drug-likeness (QED) is 0.204. The molecule has 8 nitrogen and oxygen atoms in total. The number of phenols is 1. The number of nitrogens with zero attached hydrogens (tertiary/aromatic N) is 5. The molecule has 8 rings (SSSR count). The number of halogens is 5. The summed E-state index contributed by atoms with van der Waals surface area (Å²) in [4.78, 5) is 17.4. The Morgan fingerprint density at radius 2 is 1.88 bits per heavy atom. The molecule has 48 heavy (non-hydrogen) atoms. The van der Waals surface area contributed by atoms with Gasteiger partial charge in [-0.3, -0.25) is 9.88 Å². The summed E-state index contributed by atoms with van der Waals surface area (Å²) in [6, 6.07) is 5.54. The van der Waals surface area contributed by atoms with Crippen LogP contribution in [-0.2, 0) is 0 Å². The van der Waals surface area contributed by atoms with Gasteiger partial charge in [-0.2, -0.15) is 9.97 Å². The number of hydrogen-bond donors (Lipinski definition) is 2. The number of anilines is 1. The molecule has 0 amide bonds. The van der Waals surface area contributed by atoms with Crippen LogP contribution in [-0.4, -0.2) is 87.5 Å². The molecule has 0 saturated carbocycles. The number of pyridine rings is 1. The molecule has 4 saturated heterocycles. The highest BCUT2D eigenvalue weighted by atomic mass is 19.3. The maximum Gasteiger partial charge on any atom is 0.319 e. The van der Waals surface area contributed by atoms with Gasteiger partial charge in [0, 0.05) is 67.7 Å². The van der Waals surface area contributed by atoms with E-state index in [1.54, 1.807) is 4.90 Å². The van der Waals surface area contributed by atoms with Crippen LogP contribution in [0.15, 0.2) is 30.5 Å².